The van der Waals surface area contributed by atoms with E-state index in [9.17, 15) is 4.79 Å². The van der Waals surface area contributed by atoms with Crippen LogP contribution in [0.3, 0.4) is 0 Å². The number of likely N-dealkylation sites (tertiary alicyclic amines) is 1. The summed E-state index contributed by atoms with van der Waals surface area (Å²) in [6.45, 7) is 5.63. The third kappa shape index (κ3) is 3.32. The number of hydrogen-bond donors (Lipinski definition) is 0. The Morgan fingerprint density at radius 2 is 1.80 bits per heavy atom. The topological polar surface area (TPSA) is 66.6 Å². The van der Waals surface area contributed by atoms with Crippen molar-refractivity contribution in [3.63, 3.8) is 0 Å². The molecule has 2 saturated heterocycles. The molecule has 0 radical (unpaired) electrons. The second-order valence-electron chi connectivity index (χ2n) is 7.23. The molecule has 2 fully saturated rings. The first-order chi connectivity index (χ1) is 12.2. The molecule has 0 spiro atoms. The lowest BCUT2D eigenvalue weighted by molar-refractivity contribution is -0.136. The summed E-state index contributed by atoms with van der Waals surface area (Å²) in [6.07, 6.45) is 8.20. The van der Waals surface area contributed by atoms with E-state index in [1.165, 1.54) is 12.8 Å². The molecular weight excluding hydrogens is 316 g/mol. The van der Waals surface area contributed by atoms with E-state index in [1.807, 2.05) is 6.92 Å². The monoisotopic (exact) mass is 342 g/mol. The van der Waals surface area contributed by atoms with Crippen molar-refractivity contribution in [3.8, 4) is 0 Å². The first kappa shape index (κ1) is 16.3. The molecule has 4 heterocycles. The highest BCUT2D eigenvalue weighted by molar-refractivity contribution is 5.79. The molecule has 0 N–H and O–H groups in total. The molecule has 2 aliphatic heterocycles. The maximum atomic E-state index is 12.8. The van der Waals surface area contributed by atoms with Crippen molar-refractivity contribution in [1.82, 2.24) is 24.5 Å². The number of anilines is 1. The number of piperidine rings is 1. The van der Waals surface area contributed by atoms with Gasteiger partial charge in [0.05, 0.1) is 0 Å². The number of aromatic nitrogens is 4. The Balaban J connectivity index is 1.44. The maximum Gasteiger partial charge on any atom is 0.254 e. The lowest BCUT2D eigenvalue weighted by Gasteiger charge is -2.35. The average molecular weight is 342 g/mol. The molecule has 7 nitrogen and oxygen atoms in total. The lowest BCUT2D eigenvalue weighted by atomic mass is 9.95. The van der Waals surface area contributed by atoms with Crippen LogP contribution in [0.15, 0.2) is 12.4 Å². The molecule has 2 aromatic heterocycles. The summed E-state index contributed by atoms with van der Waals surface area (Å²) in [5, 5.41) is 4.30. The van der Waals surface area contributed by atoms with Gasteiger partial charge in [-0.25, -0.2) is 4.98 Å². The average Bonchev–Trinajstić information content (AvgIpc) is 2.93. The minimum absolute atomic E-state index is 0.170. The van der Waals surface area contributed by atoms with E-state index in [0.717, 1.165) is 63.4 Å². The Labute approximate surface area is 148 Å². The van der Waals surface area contributed by atoms with Gasteiger partial charge in [-0.1, -0.05) is 12.8 Å². The molecule has 134 valence electrons. The van der Waals surface area contributed by atoms with Crippen LogP contribution in [0.1, 0.15) is 44.2 Å². The third-order valence-electron chi connectivity index (χ3n) is 5.45. The van der Waals surface area contributed by atoms with E-state index >= 15 is 0 Å². The predicted octanol–water partition coefficient (Wildman–Crippen LogP) is 2.05. The minimum Gasteiger partial charge on any atom is -0.356 e. The Morgan fingerprint density at radius 1 is 1.08 bits per heavy atom. The van der Waals surface area contributed by atoms with Crippen LogP contribution in [0.2, 0.25) is 0 Å². The number of rotatable bonds is 2. The summed E-state index contributed by atoms with van der Waals surface area (Å²) in [4.78, 5) is 25.9. The van der Waals surface area contributed by atoms with Gasteiger partial charge in [0.25, 0.3) is 5.78 Å². The molecule has 0 bridgehead atoms. The second kappa shape index (κ2) is 6.98. The van der Waals surface area contributed by atoms with Gasteiger partial charge in [0.15, 0.2) is 0 Å². The fraction of sp³-hybridized carbons (Fsp3) is 0.667. The lowest BCUT2D eigenvalue weighted by Crippen LogP contribution is -2.43. The van der Waals surface area contributed by atoms with Crippen LogP contribution in [-0.2, 0) is 4.79 Å². The van der Waals surface area contributed by atoms with Crippen molar-refractivity contribution in [1.29, 1.82) is 0 Å². The number of aryl methyl sites for hydroxylation is 1. The molecule has 0 aliphatic carbocycles. The Hall–Kier alpha value is -2.18. The van der Waals surface area contributed by atoms with E-state index in [-0.39, 0.29) is 5.92 Å². The number of amides is 1. The third-order valence-corrected chi connectivity index (χ3v) is 5.45. The first-order valence-electron chi connectivity index (χ1n) is 9.43. The molecule has 2 aliphatic rings. The van der Waals surface area contributed by atoms with Gasteiger partial charge in [0.1, 0.15) is 12.1 Å². The number of nitrogens with zero attached hydrogens (tertiary/aromatic N) is 6. The van der Waals surface area contributed by atoms with Crippen molar-refractivity contribution in [2.75, 3.05) is 31.1 Å². The van der Waals surface area contributed by atoms with Gasteiger partial charge in [0, 0.05) is 43.9 Å². The minimum atomic E-state index is 0.170. The van der Waals surface area contributed by atoms with E-state index in [4.69, 9.17) is 0 Å². The highest BCUT2D eigenvalue weighted by Crippen LogP contribution is 2.26. The van der Waals surface area contributed by atoms with Gasteiger partial charge in [0.2, 0.25) is 5.91 Å². The summed E-state index contributed by atoms with van der Waals surface area (Å²) < 4.78 is 1.80. The summed E-state index contributed by atoms with van der Waals surface area (Å²) in [6, 6.07) is 2.05. The Morgan fingerprint density at radius 3 is 2.52 bits per heavy atom. The standard InChI is InChI=1S/C18H26N6O/c1-14-12-16(24-18(21-14)19-13-20-24)22-10-6-15(7-11-22)17(25)23-8-4-2-3-5-9-23/h12-13,15H,2-11H2,1H3. The largest absolute Gasteiger partial charge is 0.356 e. The molecule has 7 heteroatoms. The van der Waals surface area contributed by atoms with Crippen LogP contribution >= 0.6 is 0 Å². The van der Waals surface area contributed by atoms with Crippen LogP contribution in [0, 0.1) is 12.8 Å². The molecular formula is C18H26N6O. The van der Waals surface area contributed by atoms with Gasteiger partial charge in [-0.2, -0.15) is 14.6 Å². The molecule has 4 rings (SSSR count). The zero-order valence-corrected chi connectivity index (χ0v) is 14.9. The molecule has 0 atom stereocenters. The highest BCUT2D eigenvalue weighted by atomic mass is 16.2. The van der Waals surface area contributed by atoms with Gasteiger partial charge < -0.3 is 9.80 Å². The summed E-state index contributed by atoms with van der Waals surface area (Å²) in [5.74, 6) is 2.21. The SMILES string of the molecule is Cc1cc(N2CCC(C(=O)N3CCCCCC3)CC2)n2ncnc2n1. The quantitative estimate of drug-likeness (QED) is 0.836. The predicted molar refractivity (Wildman–Crippen MR) is 95.5 cm³/mol. The first-order valence-corrected chi connectivity index (χ1v) is 9.43. The summed E-state index contributed by atoms with van der Waals surface area (Å²) >= 11 is 0. The Kier molecular flexibility index (Phi) is 4.55. The van der Waals surface area contributed by atoms with Crippen molar-refractivity contribution in [3.05, 3.63) is 18.1 Å². The van der Waals surface area contributed by atoms with E-state index in [0.29, 0.717) is 11.7 Å². The van der Waals surface area contributed by atoms with Gasteiger partial charge in [-0.3, -0.25) is 4.79 Å². The van der Waals surface area contributed by atoms with E-state index < -0.39 is 0 Å². The normalized spacial score (nSPS) is 20.0. The number of carbonyl (C=O) groups is 1. The van der Waals surface area contributed by atoms with Crippen LogP contribution in [0.5, 0.6) is 0 Å². The van der Waals surface area contributed by atoms with Crippen LogP contribution in [-0.4, -0.2) is 56.6 Å². The van der Waals surface area contributed by atoms with Crippen LogP contribution < -0.4 is 4.90 Å². The summed E-state index contributed by atoms with van der Waals surface area (Å²) in [5.41, 5.74) is 0.943. The maximum absolute atomic E-state index is 12.8. The molecule has 0 aromatic carbocycles. The van der Waals surface area contributed by atoms with Crippen LogP contribution in [0.4, 0.5) is 5.82 Å². The molecule has 25 heavy (non-hydrogen) atoms. The molecule has 0 saturated carbocycles. The van der Waals surface area contributed by atoms with Crippen molar-refractivity contribution in [2.45, 2.75) is 45.4 Å². The van der Waals surface area contributed by atoms with Gasteiger partial charge in [-0.05, 0) is 32.6 Å². The van der Waals surface area contributed by atoms with Crippen LogP contribution in [0.25, 0.3) is 5.78 Å². The molecule has 2 aromatic rings. The van der Waals surface area contributed by atoms with Crippen molar-refractivity contribution < 1.29 is 4.79 Å². The molecule has 0 unspecified atom stereocenters. The summed E-state index contributed by atoms with van der Waals surface area (Å²) in [7, 11) is 0. The number of carbonyl (C=O) groups excluding carboxylic acids is 1. The number of fused-ring (bicyclic) bond motifs is 1. The van der Waals surface area contributed by atoms with E-state index in [1.54, 1.807) is 10.8 Å². The van der Waals surface area contributed by atoms with Gasteiger partial charge in [-0.15, -0.1) is 0 Å². The fourth-order valence-corrected chi connectivity index (χ4v) is 4.04. The van der Waals surface area contributed by atoms with Crippen molar-refractivity contribution >= 4 is 17.5 Å². The zero-order valence-electron chi connectivity index (χ0n) is 14.9. The highest BCUT2D eigenvalue weighted by Gasteiger charge is 2.29. The van der Waals surface area contributed by atoms with Crippen molar-refractivity contribution in [2.24, 2.45) is 5.92 Å². The second-order valence-corrected chi connectivity index (χ2v) is 7.23. The molecule has 1 amide bonds. The van der Waals surface area contributed by atoms with E-state index in [2.05, 4.69) is 30.9 Å². The number of hydrogen-bond acceptors (Lipinski definition) is 5. The Bertz CT molecular complexity index is 741. The van der Waals surface area contributed by atoms with Gasteiger partial charge >= 0.3 is 0 Å². The fourth-order valence-electron chi connectivity index (χ4n) is 4.04. The smallest absolute Gasteiger partial charge is 0.254 e. The zero-order chi connectivity index (χ0) is 17.2.